The normalized spacial score (nSPS) is 17.2. The van der Waals surface area contributed by atoms with Gasteiger partial charge in [-0.3, -0.25) is 0 Å². The number of amides is 2. The monoisotopic (exact) mass is 594 g/mol. The summed E-state index contributed by atoms with van der Waals surface area (Å²) in [7, 11) is 0. The highest BCUT2D eigenvalue weighted by atomic mass is 16.6. The number of nitrogens with zero attached hydrogens (tertiary/aromatic N) is 2. The first-order valence-corrected chi connectivity index (χ1v) is 14.8. The molecule has 1 aliphatic rings. The van der Waals surface area contributed by atoms with Crippen molar-refractivity contribution >= 4 is 28.9 Å². The lowest BCUT2D eigenvalue weighted by atomic mass is 9.88. The van der Waals surface area contributed by atoms with Crippen LogP contribution in [-0.4, -0.2) is 58.3 Å². The molecule has 0 aromatic heterocycles. The number of carboxylic acids is 1. The Balaban J connectivity index is 1.44. The standard InChI is InChI=1S/C36H38N2O6/c1-24(30-16-10-14-25-13-8-9-15-31(25)30)38(35(42)44-36(2,3)4)22-28-21-37(23-32(28)26-11-6-5-7-12-26)34(41)43-29-19-17-27(18-20-29)33(39)40/h5-20,24,28,32H,21-23H2,1-4H3,(H,39,40)/t24-,28-,32-/m1/s1. The van der Waals surface area contributed by atoms with Crippen LogP contribution < -0.4 is 4.74 Å². The molecular formula is C36H38N2O6. The number of rotatable bonds is 7. The zero-order valence-electron chi connectivity index (χ0n) is 25.5. The van der Waals surface area contributed by atoms with Crippen LogP contribution in [0.2, 0.25) is 0 Å². The number of carbonyl (C=O) groups is 3. The first kappa shape index (κ1) is 30.6. The van der Waals surface area contributed by atoms with Crippen molar-refractivity contribution in [3.63, 3.8) is 0 Å². The van der Waals surface area contributed by atoms with Gasteiger partial charge in [-0.2, -0.15) is 0 Å². The highest BCUT2D eigenvalue weighted by Gasteiger charge is 2.40. The second-order valence-electron chi connectivity index (χ2n) is 12.3. The van der Waals surface area contributed by atoms with Crippen LogP contribution in [-0.2, 0) is 4.74 Å². The van der Waals surface area contributed by atoms with Crippen LogP contribution in [0.3, 0.4) is 0 Å². The number of aromatic carboxylic acids is 1. The molecule has 2 amide bonds. The molecule has 0 spiro atoms. The Labute approximate surface area is 257 Å². The summed E-state index contributed by atoms with van der Waals surface area (Å²) >= 11 is 0. The number of hydrogen-bond donors (Lipinski definition) is 1. The molecule has 0 unspecified atom stereocenters. The number of hydrogen-bond acceptors (Lipinski definition) is 5. The van der Waals surface area contributed by atoms with Gasteiger partial charge in [0.1, 0.15) is 11.4 Å². The second kappa shape index (κ2) is 12.8. The lowest BCUT2D eigenvalue weighted by Crippen LogP contribution is -2.42. The highest BCUT2D eigenvalue weighted by Crippen LogP contribution is 2.37. The SMILES string of the molecule is C[C@H](c1cccc2ccccc12)N(C[C@H]1CN(C(=O)Oc2ccc(C(=O)O)cc2)C[C@@H]1c1ccccc1)C(=O)OC(C)(C)C. The van der Waals surface area contributed by atoms with Crippen molar-refractivity contribution in [2.24, 2.45) is 5.92 Å². The van der Waals surface area contributed by atoms with E-state index in [0.717, 1.165) is 21.9 Å². The van der Waals surface area contributed by atoms with Gasteiger partial charge < -0.3 is 24.4 Å². The number of carbonyl (C=O) groups excluding carboxylic acids is 2. The zero-order valence-corrected chi connectivity index (χ0v) is 25.5. The lowest BCUT2D eigenvalue weighted by molar-refractivity contribution is 0.0137. The quantitative estimate of drug-likeness (QED) is 0.235. The molecule has 5 rings (SSSR count). The molecule has 0 radical (unpaired) electrons. The largest absolute Gasteiger partial charge is 0.478 e. The van der Waals surface area contributed by atoms with E-state index in [1.807, 2.05) is 82.3 Å². The summed E-state index contributed by atoms with van der Waals surface area (Å²) in [5.41, 5.74) is 1.51. The van der Waals surface area contributed by atoms with E-state index in [1.165, 1.54) is 24.3 Å². The molecule has 3 atom stereocenters. The minimum atomic E-state index is -1.05. The summed E-state index contributed by atoms with van der Waals surface area (Å²) in [6.45, 7) is 8.72. The van der Waals surface area contributed by atoms with E-state index in [0.29, 0.717) is 19.6 Å². The van der Waals surface area contributed by atoms with E-state index >= 15 is 0 Å². The minimum absolute atomic E-state index is 0.0530. The summed E-state index contributed by atoms with van der Waals surface area (Å²) in [5, 5.41) is 11.3. The molecule has 8 heteroatoms. The molecule has 1 aliphatic heterocycles. The van der Waals surface area contributed by atoms with Gasteiger partial charge in [0.25, 0.3) is 0 Å². The zero-order chi connectivity index (χ0) is 31.4. The van der Waals surface area contributed by atoms with E-state index in [9.17, 15) is 19.5 Å². The number of benzene rings is 4. The average Bonchev–Trinajstić information content (AvgIpc) is 3.43. The third kappa shape index (κ3) is 7.02. The molecule has 44 heavy (non-hydrogen) atoms. The molecule has 4 aromatic carbocycles. The Morgan fingerprint density at radius 1 is 0.886 bits per heavy atom. The molecule has 1 saturated heterocycles. The van der Waals surface area contributed by atoms with Gasteiger partial charge in [0.05, 0.1) is 11.6 Å². The number of likely N-dealkylation sites (tertiary alicyclic amines) is 1. The highest BCUT2D eigenvalue weighted by molar-refractivity contribution is 5.88. The van der Waals surface area contributed by atoms with Crippen LogP contribution in [0.4, 0.5) is 9.59 Å². The molecule has 1 heterocycles. The first-order valence-electron chi connectivity index (χ1n) is 14.8. The van der Waals surface area contributed by atoms with Gasteiger partial charge in [-0.1, -0.05) is 72.8 Å². The fourth-order valence-electron chi connectivity index (χ4n) is 5.86. The molecule has 0 bridgehead atoms. The van der Waals surface area contributed by atoms with Gasteiger partial charge in [0, 0.05) is 31.5 Å². The first-order chi connectivity index (χ1) is 21.0. The van der Waals surface area contributed by atoms with Crippen molar-refractivity contribution in [2.75, 3.05) is 19.6 Å². The smallest absolute Gasteiger partial charge is 0.415 e. The topological polar surface area (TPSA) is 96.4 Å². The van der Waals surface area contributed by atoms with Crippen molar-refractivity contribution in [2.45, 2.75) is 45.3 Å². The van der Waals surface area contributed by atoms with E-state index in [2.05, 4.69) is 18.2 Å². The number of fused-ring (bicyclic) bond motifs is 1. The third-order valence-electron chi connectivity index (χ3n) is 8.03. The molecule has 8 nitrogen and oxygen atoms in total. The van der Waals surface area contributed by atoms with Gasteiger partial charge in [-0.05, 0) is 73.9 Å². The Hall–Kier alpha value is -4.85. The van der Waals surface area contributed by atoms with Crippen molar-refractivity contribution in [1.29, 1.82) is 0 Å². The average molecular weight is 595 g/mol. The molecule has 0 aliphatic carbocycles. The maximum absolute atomic E-state index is 13.8. The van der Waals surface area contributed by atoms with Gasteiger partial charge in [0.15, 0.2) is 0 Å². The van der Waals surface area contributed by atoms with Crippen LogP contribution in [0, 0.1) is 5.92 Å². The summed E-state index contributed by atoms with van der Waals surface area (Å²) in [4.78, 5) is 41.8. The summed E-state index contributed by atoms with van der Waals surface area (Å²) in [6.07, 6.45) is -0.938. The molecule has 1 N–H and O–H groups in total. The molecule has 0 saturated carbocycles. The third-order valence-corrected chi connectivity index (χ3v) is 8.03. The van der Waals surface area contributed by atoms with Crippen molar-refractivity contribution in [3.05, 3.63) is 114 Å². The van der Waals surface area contributed by atoms with Gasteiger partial charge in [-0.15, -0.1) is 0 Å². The maximum Gasteiger partial charge on any atom is 0.415 e. The molecule has 4 aromatic rings. The molecular weight excluding hydrogens is 556 g/mol. The summed E-state index contributed by atoms with van der Waals surface area (Å²) in [6, 6.07) is 29.7. The number of ether oxygens (including phenoxy) is 2. The van der Waals surface area contributed by atoms with E-state index in [1.54, 1.807) is 9.80 Å². The minimum Gasteiger partial charge on any atom is -0.478 e. The maximum atomic E-state index is 13.8. The van der Waals surface area contributed by atoms with Crippen molar-refractivity contribution in [1.82, 2.24) is 9.80 Å². The van der Waals surface area contributed by atoms with Gasteiger partial charge in [-0.25, -0.2) is 14.4 Å². The summed E-state index contributed by atoms with van der Waals surface area (Å²) < 4.78 is 11.6. The van der Waals surface area contributed by atoms with Crippen LogP contribution in [0.1, 0.15) is 61.1 Å². The van der Waals surface area contributed by atoms with E-state index < -0.39 is 23.8 Å². The lowest BCUT2D eigenvalue weighted by Gasteiger charge is -2.35. The van der Waals surface area contributed by atoms with Crippen LogP contribution in [0.5, 0.6) is 5.75 Å². The van der Waals surface area contributed by atoms with Crippen LogP contribution >= 0.6 is 0 Å². The predicted octanol–water partition coefficient (Wildman–Crippen LogP) is 7.75. The van der Waals surface area contributed by atoms with Crippen LogP contribution in [0.15, 0.2) is 97.1 Å². The second-order valence-corrected chi connectivity index (χ2v) is 12.3. The molecule has 1 fully saturated rings. The Bertz CT molecular complexity index is 1630. The Kier molecular flexibility index (Phi) is 8.90. The van der Waals surface area contributed by atoms with Crippen LogP contribution in [0.25, 0.3) is 10.8 Å². The van der Waals surface area contributed by atoms with Gasteiger partial charge >= 0.3 is 18.2 Å². The predicted molar refractivity (Wildman–Crippen MR) is 169 cm³/mol. The summed E-state index contributed by atoms with van der Waals surface area (Å²) in [5.74, 6) is -0.949. The van der Waals surface area contributed by atoms with Crippen molar-refractivity contribution in [3.8, 4) is 5.75 Å². The Morgan fingerprint density at radius 2 is 1.55 bits per heavy atom. The fourth-order valence-corrected chi connectivity index (χ4v) is 5.86. The fraction of sp³-hybridized carbons (Fsp3) is 0.306. The van der Waals surface area contributed by atoms with Crippen molar-refractivity contribution < 1.29 is 29.0 Å². The van der Waals surface area contributed by atoms with E-state index in [-0.39, 0.29) is 29.2 Å². The Morgan fingerprint density at radius 3 is 2.23 bits per heavy atom. The molecule has 228 valence electrons. The van der Waals surface area contributed by atoms with Gasteiger partial charge in [0.2, 0.25) is 0 Å². The number of carboxylic acid groups (broad SMARTS) is 1. The van der Waals surface area contributed by atoms with E-state index in [4.69, 9.17) is 9.47 Å².